The molecule has 0 radical (unpaired) electrons. The maximum Gasteiger partial charge on any atom is 0.180 e. The van der Waals surface area contributed by atoms with Crippen molar-refractivity contribution in [3.05, 3.63) is 54.2 Å². The van der Waals surface area contributed by atoms with Crippen LogP contribution in [-0.2, 0) is 18.2 Å². The van der Waals surface area contributed by atoms with Gasteiger partial charge in [-0.3, -0.25) is 9.67 Å². The summed E-state index contributed by atoms with van der Waals surface area (Å²) in [6.07, 6.45) is 5.87. The van der Waals surface area contributed by atoms with E-state index in [9.17, 15) is 0 Å². The Morgan fingerprint density at radius 1 is 1.23 bits per heavy atom. The van der Waals surface area contributed by atoms with Gasteiger partial charge >= 0.3 is 0 Å². The number of nitrogens with one attached hydrogen (secondary N) is 1. The third-order valence-electron chi connectivity index (χ3n) is 6.09. The van der Waals surface area contributed by atoms with Crippen molar-refractivity contribution in [2.45, 2.75) is 19.4 Å². The van der Waals surface area contributed by atoms with E-state index < -0.39 is 0 Å². The van der Waals surface area contributed by atoms with E-state index in [4.69, 9.17) is 19.4 Å². The highest BCUT2D eigenvalue weighted by molar-refractivity contribution is 5.77. The Balaban J connectivity index is 1.55. The molecule has 4 aromatic rings. The number of aryl methyl sites for hydroxylation is 2. The molecule has 0 atom stereocenters. The molecule has 35 heavy (non-hydrogen) atoms. The summed E-state index contributed by atoms with van der Waals surface area (Å²) in [5.41, 5.74) is 3.67. The zero-order valence-corrected chi connectivity index (χ0v) is 20.0. The fraction of sp³-hybridized carbons (Fsp3) is 0.360. The molecule has 1 N–H and O–H groups in total. The average molecular weight is 478 g/mol. The molecule has 9 nitrogen and oxygen atoms in total. The van der Waals surface area contributed by atoms with Gasteiger partial charge in [0.25, 0.3) is 0 Å². The van der Waals surface area contributed by atoms with Crippen molar-refractivity contribution >= 4 is 22.7 Å². The Hall–Kier alpha value is -3.63. The van der Waals surface area contributed by atoms with E-state index in [1.165, 1.54) is 0 Å². The van der Waals surface area contributed by atoms with Gasteiger partial charge in [0.05, 0.1) is 50.1 Å². The molecule has 3 aromatic heterocycles. The molecule has 0 unspecified atom stereocenters. The van der Waals surface area contributed by atoms with Gasteiger partial charge in [-0.05, 0) is 30.2 Å². The van der Waals surface area contributed by atoms with Crippen molar-refractivity contribution in [2.75, 3.05) is 38.3 Å². The van der Waals surface area contributed by atoms with Gasteiger partial charge in [0.15, 0.2) is 5.65 Å². The van der Waals surface area contributed by atoms with Gasteiger partial charge in [-0.25, -0.2) is 14.4 Å². The molecule has 0 aliphatic carbocycles. The first kappa shape index (κ1) is 23.1. The van der Waals surface area contributed by atoms with Crippen LogP contribution < -0.4 is 15.0 Å². The number of benzene rings is 1. The number of halogens is 1. The number of aromatic nitrogens is 5. The van der Waals surface area contributed by atoms with Crippen LogP contribution in [-0.4, -0.2) is 64.2 Å². The first-order valence-electron chi connectivity index (χ1n) is 11.6. The second-order valence-electron chi connectivity index (χ2n) is 8.48. The monoisotopic (exact) mass is 477 g/mol. The van der Waals surface area contributed by atoms with Crippen LogP contribution in [0.1, 0.15) is 12.5 Å². The highest BCUT2D eigenvalue weighted by atomic mass is 19.1. The number of ether oxygens (including phenoxy) is 2. The molecule has 182 valence electrons. The van der Waals surface area contributed by atoms with E-state index in [0.717, 1.165) is 5.56 Å². The average Bonchev–Trinajstić information content (AvgIpc) is 3.29. The number of hydrogen-bond donors (Lipinski definition) is 1. The SMILES string of the molecule is CCc1cc(OC)cc(N(CCNC2COC2)c2ccc3ncc(-c4cnn(C)c4)nc3n2)c1F. The normalized spacial score (nSPS) is 13.7. The van der Waals surface area contributed by atoms with Crippen molar-refractivity contribution in [3.63, 3.8) is 0 Å². The second kappa shape index (κ2) is 9.93. The predicted molar refractivity (Wildman–Crippen MR) is 131 cm³/mol. The van der Waals surface area contributed by atoms with E-state index in [-0.39, 0.29) is 5.82 Å². The molecule has 1 aromatic carbocycles. The Morgan fingerprint density at radius 3 is 2.77 bits per heavy atom. The first-order chi connectivity index (χ1) is 17.1. The summed E-state index contributed by atoms with van der Waals surface area (Å²) in [5, 5.41) is 7.66. The second-order valence-corrected chi connectivity index (χ2v) is 8.48. The summed E-state index contributed by atoms with van der Waals surface area (Å²) in [4.78, 5) is 15.9. The molecule has 4 heterocycles. The van der Waals surface area contributed by atoms with Crippen molar-refractivity contribution in [3.8, 4) is 17.0 Å². The Kier molecular flexibility index (Phi) is 6.56. The lowest BCUT2D eigenvalue weighted by Crippen LogP contribution is -2.48. The fourth-order valence-electron chi connectivity index (χ4n) is 4.03. The van der Waals surface area contributed by atoms with Crippen LogP contribution in [0.15, 0.2) is 42.9 Å². The number of anilines is 2. The summed E-state index contributed by atoms with van der Waals surface area (Å²) >= 11 is 0. The van der Waals surface area contributed by atoms with Crippen molar-refractivity contribution in [2.24, 2.45) is 7.05 Å². The van der Waals surface area contributed by atoms with Crippen LogP contribution in [0.2, 0.25) is 0 Å². The van der Waals surface area contributed by atoms with Gasteiger partial charge in [-0.2, -0.15) is 5.10 Å². The summed E-state index contributed by atoms with van der Waals surface area (Å²) in [7, 11) is 3.44. The van der Waals surface area contributed by atoms with Gasteiger partial charge in [-0.15, -0.1) is 0 Å². The third kappa shape index (κ3) is 4.80. The van der Waals surface area contributed by atoms with E-state index in [0.29, 0.717) is 78.4 Å². The number of fused-ring (bicyclic) bond motifs is 1. The zero-order chi connectivity index (χ0) is 24.4. The molecule has 10 heteroatoms. The maximum absolute atomic E-state index is 15.6. The summed E-state index contributed by atoms with van der Waals surface area (Å²) in [5.74, 6) is 0.899. The van der Waals surface area contributed by atoms with E-state index >= 15 is 4.39 Å². The van der Waals surface area contributed by atoms with Gasteiger partial charge < -0.3 is 19.7 Å². The van der Waals surface area contributed by atoms with Crippen molar-refractivity contribution in [1.29, 1.82) is 0 Å². The standard InChI is InChI=1S/C25H28FN7O2/c1-4-16-9-19(34-3)10-22(24(16)26)33(8-7-27-18-14-35-15-18)23-6-5-20-25(31-23)30-21(12-28-20)17-11-29-32(2)13-17/h5-6,9-13,18,27H,4,7-8,14-15H2,1-3H3. The number of hydrogen-bond acceptors (Lipinski definition) is 8. The van der Waals surface area contributed by atoms with E-state index in [1.807, 2.05) is 37.2 Å². The molecule has 0 spiro atoms. The molecule has 1 saturated heterocycles. The van der Waals surface area contributed by atoms with Gasteiger partial charge in [0.2, 0.25) is 0 Å². The number of methoxy groups -OCH3 is 1. The summed E-state index contributed by atoms with van der Waals surface area (Å²) < 4.78 is 28.0. The zero-order valence-electron chi connectivity index (χ0n) is 20.0. The Bertz CT molecular complexity index is 1340. The van der Waals surface area contributed by atoms with Crippen LogP contribution in [0.25, 0.3) is 22.4 Å². The van der Waals surface area contributed by atoms with Gasteiger partial charge in [0.1, 0.15) is 22.9 Å². The van der Waals surface area contributed by atoms with Crippen molar-refractivity contribution in [1.82, 2.24) is 30.0 Å². The fourth-order valence-corrected chi connectivity index (χ4v) is 4.03. The number of pyridine rings is 1. The molecule has 1 aliphatic rings. The number of rotatable bonds is 9. The topological polar surface area (TPSA) is 90.2 Å². The quantitative estimate of drug-likeness (QED) is 0.393. The van der Waals surface area contributed by atoms with Crippen LogP contribution in [0.5, 0.6) is 5.75 Å². The third-order valence-corrected chi connectivity index (χ3v) is 6.09. The minimum atomic E-state index is -0.280. The lowest BCUT2D eigenvalue weighted by molar-refractivity contribution is -0.00444. The summed E-state index contributed by atoms with van der Waals surface area (Å²) in [6, 6.07) is 7.47. The number of nitrogens with zero attached hydrogens (tertiary/aromatic N) is 6. The Morgan fingerprint density at radius 2 is 2.09 bits per heavy atom. The highest BCUT2D eigenvalue weighted by Gasteiger charge is 2.22. The van der Waals surface area contributed by atoms with Crippen molar-refractivity contribution < 1.29 is 13.9 Å². The molecule has 1 aliphatic heterocycles. The maximum atomic E-state index is 15.6. The van der Waals surface area contributed by atoms with Crippen LogP contribution >= 0.6 is 0 Å². The molecule has 5 rings (SSSR count). The minimum absolute atomic E-state index is 0.280. The molecule has 1 fully saturated rings. The smallest absolute Gasteiger partial charge is 0.180 e. The summed E-state index contributed by atoms with van der Waals surface area (Å²) in [6.45, 7) is 4.43. The van der Waals surface area contributed by atoms with Crippen LogP contribution in [0.3, 0.4) is 0 Å². The minimum Gasteiger partial charge on any atom is -0.497 e. The van der Waals surface area contributed by atoms with E-state index in [2.05, 4.69) is 15.4 Å². The lowest BCUT2D eigenvalue weighted by atomic mass is 10.1. The molecular weight excluding hydrogens is 449 g/mol. The van der Waals surface area contributed by atoms with E-state index in [1.54, 1.807) is 36.3 Å². The van der Waals surface area contributed by atoms with Crippen LogP contribution in [0.4, 0.5) is 15.9 Å². The largest absolute Gasteiger partial charge is 0.497 e. The molecule has 0 amide bonds. The highest BCUT2D eigenvalue weighted by Crippen LogP contribution is 2.33. The van der Waals surface area contributed by atoms with Gasteiger partial charge in [-0.1, -0.05) is 6.92 Å². The lowest BCUT2D eigenvalue weighted by Gasteiger charge is -2.30. The first-order valence-corrected chi connectivity index (χ1v) is 11.6. The molecular formula is C25H28FN7O2. The molecule has 0 bridgehead atoms. The predicted octanol–water partition coefficient (Wildman–Crippen LogP) is 3.26. The van der Waals surface area contributed by atoms with Gasteiger partial charge in [0, 0.05) is 38.0 Å². The Labute approximate surface area is 202 Å². The van der Waals surface area contributed by atoms with Crippen LogP contribution in [0, 0.1) is 5.82 Å². The molecule has 0 saturated carbocycles.